The average Bonchev–Trinajstić information content (AvgIpc) is 2.45. The molecule has 0 aliphatic heterocycles. The maximum Gasteiger partial charge on any atom is 0.264 e. The predicted molar refractivity (Wildman–Crippen MR) is 84.3 cm³/mol. The smallest absolute Gasteiger partial charge is 0.264 e. The third kappa shape index (κ3) is 3.62. The molecule has 0 saturated heterocycles. The number of hydrogen-bond acceptors (Lipinski definition) is 3. The maximum atomic E-state index is 12.7. The maximum absolute atomic E-state index is 12.7. The van der Waals surface area contributed by atoms with Crippen molar-refractivity contribution in [1.82, 2.24) is 0 Å². The summed E-state index contributed by atoms with van der Waals surface area (Å²) in [6, 6.07) is 14.6. The molecule has 5 nitrogen and oxygen atoms in total. The first kappa shape index (κ1) is 15.5. The average molecular weight is 369 g/mol. The summed E-state index contributed by atoms with van der Waals surface area (Å²) in [5.41, 5.74) is 5.55. The molecule has 0 bridgehead atoms. The van der Waals surface area contributed by atoms with E-state index in [2.05, 4.69) is 15.9 Å². The molecule has 0 saturated carbocycles. The predicted octanol–water partition coefficient (Wildman–Crippen LogP) is 2.13. The minimum absolute atomic E-state index is 0.103. The number of primary amides is 1. The summed E-state index contributed by atoms with van der Waals surface area (Å²) in [6.07, 6.45) is 0. The van der Waals surface area contributed by atoms with Crippen LogP contribution in [0.3, 0.4) is 0 Å². The summed E-state index contributed by atoms with van der Waals surface area (Å²) in [5, 5.41) is 0. The van der Waals surface area contributed by atoms with Crippen LogP contribution in [-0.2, 0) is 14.8 Å². The summed E-state index contributed by atoms with van der Waals surface area (Å²) in [4.78, 5) is 11.4. The molecule has 2 aromatic carbocycles. The molecule has 21 heavy (non-hydrogen) atoms. The fraction of sp³-hybridized carbons (Fsp3) is 0.0714. The quantitative estimate of drug-likeness (QED) is 0.877. The molecule has 7 heteroatoms. The van der Waals surface area contributed by atoms with Gasteiger partial charge in [-0.05, 0) is 30.3 Å². The number of carbonyl (C=O) groups is 1. The van der Waals surface area contributed by atoms with E-state index in [-0.39, 0.29) is 4.90 Å². The van der Waals surface area contributed by atoms with Crippen molar-refractivity contribution in [3.05, 3.63) is 59.1 Å². The van der Waals surface area contributed by atoms with Crippen LogP contribution in [0.25, 0.3) is 0 Å². The third-order valence-electron chi connectivity index (χ3n) is 2.73. The summed E-state index contributed by atoms with van der Waals surface area (Å²) in [7, 11) is -3.85. The Morgan fingerprint density at radius 2 is 1.76 bits per heavy atom. The molecule has 1 amide bonds. The van der Waals surface area contributed by atoms with Gasteiger partial charge in [-0.3, -0.25) is 9.10 Å². The monoisotopic (exact) mass is 368 g/mol. The molecule has 0 unspecified atom stereocenters. The molecule has 0 radical (unpaired) electrons. The number of carbonyl (C=O) groups excluding carboxylic acids is 1. The van der Waals surface area contributed by atoms with Gasteiger partial charge in [-0.25, -0.2) is 8.42 Å². The van der Waals surface area contributed by atoms with E-state index in [1.807, 2.05) is 0 Å². The molecular weight excluding hydrogens is 356 g/mol. The number of nitrogens with zero attached hydrogens (tertiary/aromatic N) is 1. The van der Waals surface area contributed by atoms with Crippen LogP contribution >= 0.6 is 15.9 Å². The van der Waals surface area contributed by atoms with Crippen LogP contribution in [0.2, 0.25) is 0 Å². The number of sulfonamides is 1. The molecule has 0 heterocycles. The van der Waals surface area contributed by atoms with Crippen molar-refractivity contribution >= 4 is 37.5 Å². The standard InChI is InChI=1S/C14H13BrN2O3S/c15-11-5-4-6-12(9-11)17(10-14(16)18)21(19,20)13-7-2-1-3-8-13/h1-9H,10H2,(H2,16,18). The Labute approximate surface area is 131 Å². The highest BCUT2D eigenvalue weighted by atomic mass is 79.9. The van der Waals surface area contributed by atoms with E-state index in [4.69, 9.17) is 5.73 Å². The number of nitrogens with two attached hydrogens (primary N) is 1. The van der Waals surface area contributed by atoms with Gasteiger partial charge in [0.05, 0.1) is 10.6 Å². The molecule has 0 atom stereocenters. The largest absolute Gasteiger partial charge is 0.368 e. The van der Waals surface area contributed by atoms with E-state index in [9.17, 15) is 13.2 Å². The molecule has 2 N–H and O–H groups in total. The lowest BCUT2D eigenvalue weighted by Crippen LogP contribution is -2.38. The molecule has 110 valence electrons. The zero-order valence-corrected chi connectivity index (χ0v) is 13.3. The van der Waals surface area contributed by atoms with Gasteiger partial charge < -0.3 is 5.73 Å². The topological polar surface area (TPSA) is 80.5 Å². The highest BCUT2D eigenvalue weighted by Crippen LogP contribution is 2.25. The normalized spacial score (nSPS) is 11.1. The Morgan fingerprint density at radius 3 is 2.33 bits per heavy atom. The van der Waals surface area contributed by atoms with Crippen LogP contribution in [-0.4, -0.2) is 20.9 Å². The van der Waals surface area contributed by atoms with E-state index in [1.165, 1.54) is 12.1 Å². The van der Waals surface area contributed by atoms with Crippen molar-refractivity contribution in [2.24, 2.45) is 5.73 Å². The van der Waals surface area contributed by atoms with Crippen molar-refractivity contribution in [2.75, 3.05) is 10.8 Å². The second-order valence-electron chi connectivity index (χ2n) is 4.27. The molecule has 2 aromatic rings. The van der Waals surface area contributed by atoms with Crippen molar-refractivity contribution in [2.45, 2.75) is 4.90 Å². The highest BCUT2D eigenvalue weighted by Gasteiger charge is 2.26. The van der Waals surface area contributed by atoms with Crippen molar-refractivity contribution in [3.63, 3.8) is 0 Å². The molecule has 0 spiro atoms. The first-order chi connectivity index (χ1) is 9.91. The van der Waals surface area contributed by atoms with Gasteiger partial charge >= 0.3 is 0 Å². The van der Waals surface area contributed by atoms with Gasteiger partial charge in [0.25, 0.3) is 10.0 Å². The fourth-order valence-corrected chi connectivity index (χ4v) is 3.64. The van der Waals surface area contributed by atoms with Crippen LogP contribution < -0.4 is 10.0 Å². The number of hydrogen-bond donors (Lipinski definition) is 1. The van der Waals surface area contributed by atoms with Crippen molar-refractivity contribution in [3.8, 4) is 0 Å². The number of benzene rings is 2. The van der Waals surface area contributed by atoms with E-state index in [1.54, 1.807) is 42.5 Å². The molecule has 0 fully saturated rings. The first-order valence-corrected chi connectivity index (χ1v) is 8.26. The molecule has 2 rings (SSSR count). The van der Waals surface area contributed by atoms with Gasteiger partial charge in [-0.2, -0.15) is 0 Å². The van der Waals surface area contributed by atoms with Crippen LogP contribution in [0.15, 0.2) is 64.0 Å². The zero-order valence-electron chi connectivity index (χ0n) is 10.9. The Morgan fingerprint density at radius 1 is 1.10 bits per heavy atom. The Kier molecular flexibility index (Phi) is 4.64. The third-order valence-corrected chi connectivity index (χ3v) is 5.01. The number of amides is 1. The summed E-state index contributed by atoms with van der Waals surface area (Å²) in [5.74, 6) is -0.727. The second kappa shape index (κ2) is 6.28. The molecule has 0 aromatic heterocycles. The highest BCUT2D eigenvalue weighted by molar-refractivity contribution is 9.10. The van der Waals surface area contributed by atoms with Crippen LogP contribution in [0.4, 0.5) is 5.69 Å². The zero-order chi connectivity index (χ0) is 15.5. The molecule has 0 aliphatic carbocycles. The van der Waals surface area contributed by atoms with Gasteiger partial charge in [0, 0.05) is 4.47 Å². The number of halogens is 1. The van der Waals surface area contributed by atoms with E-state index >= 15 is 0 Å². The van der Waals surface area contributed by atoms with Crippen LogP contribution in [0.1, 0.15) is 0 Å². The van der Waals surface area contributed by atoms with E-state index in [0.29, 0.717) is 10.2 Å². The van der Waals surface area contributed by atoms with Crippen LogP contribution in [0.5, 0.6) is 0 Å². The Bertz CT molecular complexity index is 748. The molecule has 0 aliphatic rings. The fourth-order valence-electron chi connectivity index (χ4n) is 1.81. The Balaban J connectivity index is 2.53. The Hall–Kier alpha value is -1.86. The van der Waals surface area contributed by atoms with Crippen molar-refractivity contribution in [1.29, 1.82) is 0 Å². The second-order valence-corrected chi connectivity index (χ2v) is 7.05. The first-order valence-electron chi connectivity index (χ1n) is 6.03. The lowest BCUT2D eigenvalue weighted by molar-refractivity contribution is -0.116. The van der Waals surface area contributed by atoms with E-state index in [0.717, 1.165) is 4.31 Å². The number of anilines is 1. The van der Waals surface area contributed by atoms with Crippen molar-refractivity contribution < 1.29 is 13.2 Å². The van der Waals surface area contributed by atoms with Gasteiger partial charge in [0.2, 0.25) is 5.91 Å². The van der Waals surface area contributed by atoms with Gasteiger partial charge in [0.15, 0.2) is 0 Å². The minimum Gasteiger partial charge on any atom is -0.368 e. The van der Waals surface area contributed by atoms with E-state index < -0.39 is 22.5 Å². The SMILES string of the molecule is NC(=O)CN(c1cccc(Br)c1)S(=O)(=O)c1ccccc1. The van der Waals surface area contributed by atoms with Crippen LogP contribution in [0, 0.1) is 0 Å². The van der Waals surface area contributed by atoms with Gasteiger partial charge in [0.1, 0.15) is 6.54 Å². The number of rotatable bonds is 5. The minimum atomic E-state index is -3.85. The molecular formula is C14H13BrN2O3S. The lowest BCUT2D eigenvalue weighted by Gasteiger charge is -2.23. The van der Waals surface area contributed by atoms with Gasteiger partial charge in [-0.15, -0.1) is 0 Å². The van der Waals surface area contributed by atoms with Gasteiger partial charge in [-0.1, -0.05) is 40.2 Å². The summed E-state index contributed by atoms with van der Waals surface area (Å²) < 4.78 is 27.1. The summed E-state index contributed by atoms with van der Waals surface area (Å²) >= 11 is 3.28. The summed E-state index contributed by atoms with van der Waals surface area (Å²) in [6.45, 7) is -0.423. The lowest BCUT2D eigenvalue weighted by atomic mass is 10.3.